The van der Waals surface area contributed by atoms with E-state index >= 15 is 0 Å². The third-order valence-corrected chi connectivity index (χ3v) is 2.98. The fraction of sp³-hybridized carbons (Fsp3) is 0.545. The van der Waals surface area contributed by atoms with Gasteiger partial charge in [-0.3, -0.25) is 0 Å². The van der Waals surface area contributed by atoms with Gasteiger partial charge in [-0.25, -0.2) is 4.98 Å². The topological polar surface area (TPSA) is 54.2 Å². The van der Waals surface area contributed by atoms with Gasteiger partial charge in [0, 0.05) is 25.2 Å². The molecular weight excluding hydrogens is 224 g/mol. The van der Waals surface area contributed by atoms with Crippen LogP contribution in [0.5, 0.6) is 0 Å². The number of nitrogen functional groups attached to an aromatic ring is 1. The monoisotopic (exact) mass is 240 g/mol. The Hall–Kier alpha value is -1.00. The van der Waals surface area contributed by atoms with E-state index in [1.165, 1.54) is 0 Å². The lowest BCUT2D eigenvalue weighted by Crippen LogP contribution is -2.54. The molecule has 0 aliphatic carbocycles. The summed E-state index contributed by atoms with van der Waals surface area (Å²) >= 11 is 6.15. The van der Waals surface area contributed by atoms with Crippen LogP contribution in [0.3, 0.4) is 0 Å². The normalized spacial score (nSPS) is 25.8. The van der Waals surface area contributed by atoms with Crippen molar-refractivity contribution in [3.8, 4) is 0 Å². The molecule has 1 aromatic heterocycles. The fourth-order valence-corrected chi connectivity index (χ4v) is 2.47. The van der Waals surface area contributed by atoms with Gasteiger partial charge in [0.05, 0.1) is 16.9 Å². The SMILES string of the molecule is C[C@@H]1CN(c2ncc(N)cc2Cl)C[C@H](C)N1. The first-order valence-electron chi connectivity index (χ1n) is 5.48. The molecule has 0 amide bonds. The Morgan fingerprint density at radius 3 is 2.62 bits per heavy atom. The Bertz CT molecular complexity index is 372. The summed E-state index contributed by atoms with van der Waals surface area (Å²) in [6.45, 7) is 6.16. The third kappa shape index (κ3) is 2.39. The van der Waals surface area contributed by atoms with Crippen molar-refractivity contribution in [2.45, 2.75) is 25.9 Å². The zero-order chi connectivity index (χ0) is 11.7. The second-order valence-electron chi connectivity index (χ2n) is 4.45. The Morgan fingerprint density at radius 2 is 2.06 bits per heavy atom. The van der Waals surface area contributed by atoms with Gasteiger partial charge in [0.2, 0.25) is 0 Å². The number of halogens is 1. The minimum atomic E-state index is 0.444. The lowest BCUT2D eigenvalue weighted by molar-refractivity contribution is 0.405. The van der Waals surface area contributed by atoms with Crippen molar-refractivity contribution < 1.29 is 0 Å². The fourth-order valence-electron chi connectivity index (χ4n) is 2.18. The molecule has 3 N–H and O–H groups in total. The molecule has 1 saturated heterocycles. The number of rotatable bonds is 1. The molecule has 5 heteroatoms. The highest BCUT2D eigenvalue weighted by molar-refractivity contribution is 6.33. The molecule has 2 heterocycles. The molecule has 0 radical (unpaired) electrons. The molecule has 0 saturated carbocycles. The predicted octanol–water partition coefficient (Wildman–Crippen LogP) is 1.50. The number of nitrogens with two attached hydrogens (primary N) is 1. The van der Waals surface area contributed by atoms with Crippen LogP contribution in [0.2, 0.25) is 5.02 Å². The maximum atomic E-state index is 6.15. The molecule has 1 aliphatic heterocycles. The number of anilines is 2. The van der Waals surface area contributed by atoms with E-state index in [1.807, 2.05) is 0 Å². The first kappa shape index (κ1) is 11.5. The van der Waals surface area contributed by atoms with Crippen molar-refractivity contribution in [1.82, 2.24) is 10.3 Å². The highest BCUT2D eigenvalue weighted by Gasteiger charge is 2.23. The van der Waals surface area contributed by atoms with Crippen LogP contribution in [0.4, 0.5) is 11.5 Å². The number of nitrogens with zero attached hydrogens (tertiary/aromatic N) is 2. The van der Waals surface area contributed by atoms with Crippen LogP contribution in [0.25, 0.3) is 0 Å². The number of pyridine rings is 1. The molecule has 1 aliphatic rings. The van der Waals surface area contributed by atoms with E-state index in [0.29, 0.717) is 22.8 Å². The smallest absolute Gasteiger partial charge is 0.147 e. The van der Waals surface area contributed by atoms with Crippen LogP contribution < -0.4 is 16.0 Å². The van der Waals surface area contributed by atoms with Crippen molar-refractivity contribution in [3.05, 3.63) is 17.3 Å². The van der Waals surface area contributed by atoms with Gasteiger partial charge in [0.1, 0.15) is 5.82 Å². The lowest BCUT2D eigenvalue weighted by atomic mass is 10.1. The van der Waals surface area contributed by atoms with Gasteiger partial charge in [-0.2, -0.15) is 0 Å². The minimum absolute atomic E-state index is 0.444. The summed E-state index contributed by atoms with van der Waals surface area (Å²) in [6.07, 6.45) is 1.65. The van der Waals surface area contributed by atoms with Crippen LogP contribution in [0, 0.1) is 0 Å². The maximum Gasteiger partial charge on any atom is 0.147 e. The molecule has 88 valence electrons. The molecule has 0 bridgehead atoms. The predicted molar refractivity (Wildman–Crippen MR) is 67.9 cm³/mol. The number of piperazine rings is 1. The van der Waals surface area contributed by atoms with Gasteiger partial charge in [0.15, 0.2) is 0 Å². The zero-order valence-corrected chi connectivity index (χ0v) is 10.3. The van der Waals surface area contributed by atoms with Gasteiger partial charge in [-0.1, -0.05) is 11.6 Å². The van der Waals surface area contributed by atoms with Crippen LogP contribution >= 0.6 is 11.6 Å². The Balaban J connectivity index is 2.23. The van der Waals surface area contributed by atoms with Gasteiger partial charge in [0.25, 0.3) is 0 Å². The first-order chi connectivity index (χ1) is 7.56. The standard InChI is InChI=1S/C11H17ClN4/c1-7-5-16(6-8(2)15-7)11-10(12)3-9(13)4-14-11/h3-4,7-8,15H,5-6,13H2,1-2H3/t7-,8+. The molecule has 2 atom stereocenters. The van der Waals surface area contributed by atoms with E-state index in [0.717, 1.165) is 18.9 Å². The van der Waals surface area contributed by atoms with Gasteiger partial charge >= 0.3 is 0 Å². The van der Waals surface area contributed by atoms with E-state index in [2.05, 4.69) is 29.0 Å². The molecular formula is C11H17ClN4. The summed E-state index contributed by atoms with van der Waals surface area (Å²) in [7, 11) is 0. The van der Waals surface area contributed by atoms with Crippen LogP contribution in [-0.4, -0.2) is 30.2 Å². The second-order valence-corrected chi connectivity index (χ2v) is 4.86. The Morgan fingerprint density at radius 1 is 1.44 bits per heavy atom. The highest BCUT2D eigenvalue weighted by atomic mass is 35.5. The summed E-state index contributed by atoms with van der Waals surface area (Å²) in [5, 5.41) is 4.10. The minimum Gasteiger partial charge on any atom is -0.397 e. The Labute approximate surface area is 101 Å². The number of hydrogen-bond acceptors (Lipinski definition) is 4. The number of hydrogen-bond donors (Lipinski definition) is 2. The molecule has 4 nitrogen and oxygen atoms in total. The van der Waals surface area contributed by atoms with Crippen LogP contribution in [0.1, 0.15) is 13.8 Å². The van der Waals surface area contributed by atoms with Crippen molar-refractivity contribution in [1.29, 1.82) is 0 Å². The number of nitrogens with one attached hydrogen (secondary N) is 1. The number of aromatic nitrogens is 1. The molecule has 0 unspecified atom stereocenters. The van der Waals surface area contributed by atoms with Crippen molar-refractivity contribution in [3.63, 3.8) is 0 Å². The van der Waals surface area contributed by atoms with Crippen molar-refractivity contribution in [2.24, 2.45) is 0 Å². The van der Waals surface area contributed by atoms with E-state index in [4.69, 9.17) is 17.3 Å². The van der Waals surface area contributed by atoms with E-state index < -0.39 is 0 Å². The average molecular weight is 241 g/mol. The summed E-state index contributed by atoms with van der Waals surface area (Å²) in [5.41, 5.74) is 6.24. The second kappa shape index (κ2) is 4.47. The maximum absolute atomic E-state index is 6.15. The molecule has 16 heavy (non-hydrogen) atoms. The van der Waals surface area contributed by atoms with Crippen LogP contribution in [-0.2, 0) is 0 Å². The average Bonchev–Trinajstić information content (AvgIpc) is 2.15. The van der Waals surface area contributed by atoms with Crippen molar-refractivity contribution in [2.75, 3.05) is 23.7 Å². The quantitative estimate of drug-likeness (QED) is 0.781. The van der Waals surface area contributed by atoms with Crippen LogP contribution in [0.15, 0.2) is 12.3 Å². The summed E-state index contributed by atoms with van der Waals surface area (Å²) in [4.78, 5) is 6.51. The molecule has 2 rings (SSSR count). The molecule has 0 aromatic carbocycles. The summed E-state index contributed by atoms with van der Waals surface area (Å²) < 4.78 is 0. The van der Waals surface area contributed by atoms with Gasteiger partial charge in [-0.15, -0.1) is 0 Å². The zero-order valence-electron chi connectivity index (χ0n) is 9.57. The van der Waals surface area contributed by atoms with E-state index in [1.54, 1.807) is 12.3 Å². The highest BCUT2D eigenvalue weighted by Crippen LogP contribution is 2.26. The first-order valence-corrected chi connectivity index (χ1v) is 5.86. The van der Waals surface area contributed by atoms with Gasteiger partial charge in [-0.05, 0) is 19.9 Å². The van der Waals surface area contributed by atoms with Gasteiger partial charge < -0.3 is 16.0 Å². The Kier molecular flexibility index (Phi) is 3.21. The summed E-state index contributed by atoms with van der Waals surface area (Å²) in [5.74, 6) is 0.830. The third-order valence-electron chi connectivity index (χ3n) is 2.70. The lowest BCUT2D eigenvalue weighted by Gasteiger charge is -2.37. The van der Waals surface area contributed by atoms with E-state index in [9.17, 15) is 0 Å². The van der Waals surface area contributed by atoms with E-state index in [-0.39, 0.29) is 0 Å². The largest absolute Gasteiger partial charge is 0.397 e. The molecule has 0 spiro atoms. The molecule has 1 fully saturated rings. The summed E-state index contributed by atoms with van der Waals surface area (Å²) in [6, 6.07) is 2.64. The van der Waals surface area contributed by atoms with Crippen molar-refractivity contribution >= 4 is 23.1 Å². The molecule has 1 aromatic rings.